The van der Waals surface area contributed by atoms with Crippen LogP contribution in [-0.2, 0) is 9.53 Å². The summed E-state index contributed by atoms with van der Waals surface area (Å²) >= 11 is 1.60. The van der Waals surface area contributed by atoms with Gasteiger partial charge in [-0.2, -0.15) is 0 Å². The predicted octanol–water partition coefficient (Wildman–Crippen LogP) is 4.64. The number of carbonyl (C=O) groups is 2. The highest BCUT2D eigenvalue weighted by Gasteiger charge is 2.46. The van der Waals surface area contributed by atoms with Gasteiger partial charge in [-0.3, -0.25) is 9.59 Å². The molecule has 2 amide bonds. The van der Waals surface area contributed by atoms with Crippen molar-refractivity contribution in [3.05, 3.63) is 87.1 Å². The van der Waals surface area contributed by atoms with E-state index in [0.29, 0.717) is 31.8 Å². The van der Waals surface area contributed by atoms with Crippen LogP contribution in [0.5, 0.6) is 0 Å². The number of rotatable bonds is 6. The van der Waals surface area contributed by atoms with Crippen LogP contribution >= 0.6 is 11.3 Å². The number of aryl methyl sites for hydroxylation is 2. The minimum absolute atomic E-state index is 0.0372. The van der Waals surface area contributed by atoms with Crippen molar-refractivity contribution in [3.8, 4) is 0 Å². The van der Waals surface area contributed by atoms with Gasteiger partial charge in [-0.15, -0.1) is 11.3 Å². The van der Waals surface area contributed by atoms with E-state index in [4.69, 9.17) is 4.74 Å². The lowest BCUT2D eigenvalue weighted by Crippen LogP contribution is -2.53. The summed E-state index contributed by atoms with van der Waals surface area (Å²) in [6.07, 6.45) is 0. The maximum atomic E-state index is 14.3. The Balaban J connectivity index is 1.46. The molecule has 1 fully saturated rings. The second kappa shape index (κ2) is 10.4. The molecule has 2 atom stereocenters. The van der Waals surface area contributed by atoms with E-state index in [1.807, 2.05) is 51.6 Å². The number of hydrogen-bond donors (Lipinski definition) is 0. The van der Waals surface area contributed by atoms with Gasteiger partial charge in [0.05, 0.1) is 18.6 Å². The van der Waals surface area contributed by atoms with Gasteiger partial charge >= 0.3 is 0 Å². The van der Waals surface area contributed by atoms with Gasteiger partial charge in [-0.1, -0.05) is 36.4 Å². The van der Waals surface area contributed by atoms with Gasteiger partial charge in [-0.25, -0.2) is 0 Å². The normalized spacial score (nSPS) is 20.0. The van der Waals surface area contributed by atoms with Crippen molar-refractivity contribution in [1.82, 2.24) is 9.80 Å². The number of nitrogens with zero attached hydrogens (tertiary/aromatic N) is 3. The molecular weight excluding hydrogens is 470 g/mol. The Morgan fingerprint density at radius 2 is 1.81 bits per heavy atom. The Morgan fingerprint density at radius 1 is 1.03 bits per heavy atom. The molecule has 1 aromatic heterocycles. The summed E-state index contributed by atoms with van der Waals surface area (Å²) in [5, 5.41) is 2.01. The molecule has 0 unspecified atom stereocenters. The van der Waals surface area contributed by atoms with Crippen LogP contribution < -0.4 is 4.90 Å². The number of methoxy groups -OCH3 is 1. The highest BCUT2D eigenvalue weighted by Crippen LogP contribution is 2.45. The fourth-order valence-corrected chi connectivity index (χ4v) is 6.37. The molecule has 0 radical (unpaired) electrons. The number of hydrogen-bond acceptors (Lipinski definition) is 5. The van der Waals surface area contributed by atoms with Crippen LogP contribution in [0.15, 0.2) is 60.0 Å². The molecule has 7 heteroatoms. The van der Waals surface area contributed by atoms with Gasteiger partial charge in [0, 0.05) is 56.0 Å². The molecule has 2 aliphatic rings. The topological polar surface area (TPSA) is 53.1 Å². The molecule has 36 heavy (non-hydrogen) atoms. The number of fused-ring (bicyclic) bond motifs is 1. The minimum atomic E-state index is -0.443. The molecule has 2 aliphatic heterocycles. The third kappa shape index (κ3) is 4.53. The number of thiophene rings is 1. The molecule has 0 bridgehead atoms. The molecule has 0 N–H and O–H groups in total. The molecule has 5 rings (SSSR count). The van der Waals surface area contributed by atoms with E-state index in [1.165, 1.54) is 16.8 Å². The van der Waals surface area contributed by atoms with E-state index < -0.39 is 5.92 Å². The van der Waals surface area contributed by atoms with Crippen molar-refractivity contribution >= 4 is 28.8 Å². The average molecular weight is 504 g/mol. The van der Waals surface area contributed by atoms with Crippen molar-refractivity contribution < 1.29 is 14.3 Å². The summed E-state index contributed by atoms with van der Waals surface area (Å²) in [6.45, 7) is 8.03. The first kappa shape index (κ1) is 24.5. The van der Waals surface area contributed by atoms with Crippen molar-refractivity contribution in [3.63, 3.8) is 0 Å². The van der Waals surface area contributed by atoms with Crippen LogP contribution in [0.4, 0.5) is 5.69 Å². The lowest BCUT2D eigenvalue weighted by Gasteiger charge is -2.44. The highest BCUT2D eigenvalue weighted by molar-refractivity contribution is 7.10. The van der Waals surface area contributed by atoms with Crippen LogP contribution in [-0.4, -0.2) is 68.1 Å². The van der Waals surface area contributed by atoms with E-state index in [9.17, 15) is 9.59 Å². The highest BCUT2D eigenvalue weighted by atomic mass is 32.1. The first-order chi connectivity index (χ1) is 17.5. The third-order valence-electron chi connectivity index (χ3n) is 7.37. The quantitative estimate of drug-likeness (QED) is 0.492. The fourth-order valence-electron chi connectivity index (χ4n) is 5.49. The third-order valence-corrected chi connectivity index (χ3v) is 8.32. The number of ether oxygens (including phenoxy) is 1. The lowest BCUT2D eigenvalue weighted by atomic mass is 9.81. The summed E-state index contributed by atoms with van der Waals surface area (Å²) < 4.78 is 5.34. The first-order valence-corrected chi connectivity index (χ1v) is 13.4. The van der Waals surface area contributed by atoms with Gasteiger partial charge in [0.1, 0.15) is 0 Å². The SMILES string of the molecule is COCCN1C(=O)c2ccccc2[C@@H](C(=O)N2CCN(c3cc(C)ccc3C)CC2)[C@@H]1c1cccs1. The summed E-state index contributed by atoms with van der Waals surface area (Å²) in [6, 6.07) is 17.8. The Bertz CT molecular complexity index is 1230. The second-order valence-corrected chi connectivity index (χ2v) is 10.6. The Morgan fingerprint density at radius 3 is 2.53 bits per heavy atom. The number of benzene rings is 2. The number of carbonyl (C=O) groups excluding carboxylic acids is 2. The maximum absolute atomic E-state index is 14.3. The van der Waals surface area contributed by atoms with Crippen molar-refractivity contribution in [2.45, 2.75) is 25.8 Å². The molecule has 0 spiro atoms. The van der Waals surface area contributed by atoms with Crippen LogP contribution in [0.25, 0.3) is 0 Å². The fraction of sp³-hybridized carbons (Fsp3) is 0.379. The Kier molecular flexibility index (Phi) is 7.12. The Labute approximate surface area is 217 Å². The smallest absolute Gasteiger partial charge is 0.254 e. The first-order valence-electron chi connectivity index (χ1n) is 12.5. The van der Waals surface area contributed by atoms with Gasteiger partial charge in [0.25, 0.3) is 5.91 Å². The van der Waals surface area contributed by atoms with E-state index >= 15 is 0 Å². The van der Waals surface area contributed by atoms with Gasteiger partial charge < -0.3 is 19.4 Å². The lowest BCUT2D eigenvalue weighted by molar-refractivity contribution is -0.135. The molecule has 2 aromatic carbocycles. The minimum Gasteiger partial charge on any atom is -0.383 e. The number of piperazine rings is 1. The van der Waals surface area contributed by atoms with Gasteiger partial charge in [-0.05, 0) is 54.1 Å². The largest absolute Gasteiger partial charge is 0.383 e. The van der Waals surface area contributed by atoms with Crippen molar-refractivity contribution in [1.29, 1.82) is 0 Å². The summed E-state index contributed by atoms with van der Waals surface area (Å²) in [5.74, 6) is -0.386. The average Bonchev–Trinajstić information content (AvgIpc) is 3.44. The zero-order valence-electron chi connectivity index (χ0n) is 21.1. The molecule has 0 aliphatic carbocycles. The molecular formula is C29H33N3O3S. The van der Waals surface area contributed by atoms with Crippen LogP contribution in [0, 0.1) is 13.8 Å². The number of anilines is 1. The van der Waals surface area contributed by atoms with Crippen LogP contribution in [0.2, 0.25) is 0 Å². The molecule has 3 aromatic rings. The Hall–Kier alpha value is -3.16. The summed E-state index contributed by atoms with van der Waals surface area (Å²) in [5.41, 5.74) is 5.20. The molecule has 188 valence electrons. The maximum Gasteiger partial charge on any atom is 0.254 e. The van der Waals surface area contributed by atoms with Gasteiger partial charge in [0.15, 0.2) is 0 Å². The van der Waals surface area contributed by atoms with Crippen molar-refractivity contribution in [2.75, 3.05) is 51.3 Å². The molecule has 6 nitrogen and oxygen atoms in total. The van der Waals surface area contributed by atoms with E-state index in [-0.39, 0.29) is 17.9 Å². The van der Waals surface area contributed by atoms with Crippen molar-refractivity contribution in [2.24, 2.45) is 0 Å². The standard InChI is InChI=1S/C29H33N3O3S/c1-20-10-11-21(2)24(19-20)30-12-14-31(15-13-30)29(34)26-22-7-4-5-8-23(22)28(33)32(16-17-35-3)27(26)25-9-6-18-36-25/h4-11,18-19,26-27H,12-17H2,1-3H3/t26-,27+/m1/s1. The number of amides is 2. The van der Waals surface area contributed by atoms with Crippen LogP contribution in [0.3, 0.4) is 0 Å². The molecule has 1 saturated heterocycles. The second-order valence-electron chi connectivity index (χ2n) is 9.62. The van der Waals surface area contributed by atoms with Crippen LogP contribution in [0.1, 0.15) is 43.9 Å². The predicted molar refractivity (Wildman–Crippen MR) is 144 cm³/mol. The zero-order valence-corrected chi connectivity index (χ0v) is 22.0. The van der Waals surface area contributed by atoms with E-state index in [1.54, 1.807) is 18.4 Å². The zero-order chi connectivity index (χ0) is 25.2. The monoisotopic (exact) mass is 503 g/mol. The summed E-state index contributed by atoms with van der Waals surface area (Å²) in [7, 11) is 1.64. The van der Waals surface area contributed by atoms with E-state index in [2.05, 4.69) is 36.9 Å². The van der Waals surface area contributed by atoms with Gasteiger partial charge in [0.2, 0.25) is 5.91 Å². The molecule has 3 heterocycles. The molecule has 0 saturated carbocycles. The van der Waals surface area contributed by atoms with E-state index in [0.717, 1.165) is 23.5 Å². The summed E-state index contributed by atoms with van der Waals surface area (Å²) in [4.78, 5) is 35.1.